The molecule has 0 bridgehead atoms. The molecule has 0 spiro atoms. The molecule has 0 radical (unpaired) electrons. The van der Waals surface area contributed by atoms with Crippen molar-refractivity contribution in [2.24, 2.45) is 0 Å². The molecule has 1 saturated heterocycles. The van der Waals surface area contributed by atoms with Crippen LogP contribution in [0.25, 0.3) is 0 Å². The largest absolute Gasteiger partial charge is 0.469 e. The Balaban J connectivity index is 1.70. The molecule has 0 unspecified atom stereocenters. The fraction of sp³-hybridized carbons (Fsp3) is 0.345. The molecule has 2 atom stereocenters. The third-order valence-electron chi connectivity index (χ3n) is 6.08. The highest BCUT2D eigenvalue weighted by molar-refractivity contribution is 5.69. The van der Waals surface area contributed by atoms with Gasteiger partial charge in [0.15, 0.2) is 5.79 Å². The van der Waals surface area contributed by atoms with E-state index in [0.29, 0.717) is 13.0 Å². The Bertz CT molecular complexity index is 953. The van der Waals surface area contributed by atoms with E-state index in [1.165, 1.54) is 7.11 Å². The van der Waals surface area contributed by atoms with Crippen LogP contribution in [-0.2, 0) is 29.3 Å². The molecule has 5 nitrogen and oxygen atoms in total. The van der Waals surface area contributed by atoms with Gasteiger partial charge in [-0.25, -0.2) is 0 Å². The standard InChI is InChI=1S/C29H32O5/c1-28(2)33-25(20-27(30)31-3)19-26(34-28)21-32-29(22-13-7-4-8-14-22,23-15-9-5-10-16-23)24-17-11-6-12-18-24/h4-18,25-26H,19-21H2,1-3H3/t25-,26+/m1/s1. The second-order valence-corrected chi connectivity index (χ2v) is 8.99. The summed E-state index contributed by atoms with van der Waals surface area (Å²) in [5, 5.41) is 0. The molecule has 0 N–H and O–H groups in total. The van der Waals surface area contributed by atoms with E-state index >= 15 is 0 Å². The second kappa shape index (κ2) is 10.5. The Labute approximate surface area is 201 Å². The van der Waals surface area contributed by atoms with Crippen molar-refractivity contribution in [1.29, 1.82) is 0 Å². The monoisotopic (exact) mass is 460 g/mol. The second-order valence-electron chi connectivity index (χ2n) is 8.99. The Morgan fingerprint density at radius 1 is 0.824 bits per heavy atom. The van der Waals surface area contributed by atoms with Crippen molar-refractivity contribution in [3.63, 3.8) is 0 Å². The quantitative estimate of drug-likeness (QED) is 0.330. The fourth-order valence-corrected chi connectivity index (χ4v) is 4.70. The highest BCUT2D eigenvalue weighted by atomic mass is 16.7. The zero-order chi connectivity index (χ0) is 24.0. The minimum absolute atomic E-state index is 0.182. The van der Waals surface area contributed by atoms with Gasteiger partial charge in [-0.15, -0.1) is 0 Å². The van der Waals surface area contributed by atoms with E-state index in [1.54, 1.807) is 0 Å². The van der Waals surface area contributed by atoms with Crippen LogP contribution in [0.2, 0.25) is 0 Å². The number of hydrogen-bond acceptors (Lipinski definition) is 5. The van der Waals surface area contributed by atoms with Crippen LogP contribution in [0.4, 0.5) is 0 Å². The highest BCUT2D eigenvalue weighted by Crippen LogP contribution is 2.41. The molecule has 5 heteroatoms. The lowest BCUT2D eigenvalue weighted by molar-refractivity contribution is -0.308. The summed E-state index contributed by atoms with van der Waals surface area (Å²) >= 11 is 0. The zero-order valence-electron chi connectivity index (χ0n) is 20.0. The molecule has 1 heterocycles. The van der Waals surface area contributed by atoms with Crippen LogP contribution in [0.1, 0.15) is 43.4 Å². The van der Waals surface area contributed by atoms with Gasteiger partial charge in [0.2, 0.25) is 0 Å². The Morgan fingerprint density at radius 2 is 1.26 bits per heavy atom. The van der Waals surface area contributed by atoms with Crippen molar-refractivity contribution >= 4 is 5.97 Å². The lowest BCUT2D eigenvalue weighted by atomic mass is 9.80. The summed E-state index contributed by atoms with van der Waals surface area (Å²) in [5.41, 5.74) is 2.27. The van der Waals surface area contributed by atoms with E-state index in [4.69, 9.17) is 18.9 Å². The average Bonchev–Trinajstić information content (AvgIpc) is 2.85. The molecule has 34 heavy (non-hydrogen) atoms. The van der Waals surface area contributed by atoms with E-state index in [1.807, 2.05) is 68.4 Å². The summed E-state index contributed by atoms with van der Waals surface area (Å²) in [6, 6.07) is 30.7. The van der Waals surface area contributed by atoms with E-state index in [0.717, 1.165) is 16.7 Å². The topological polar surface area (TPSA) is 54.0 Å². The minimum Gasteiger partial charge on any atom is -0.469 e. The first-order chi connectivity index (χ1) is 16.4. The van der Waals surface area contributed by atoms with E-state index in [9.17, 15) is 4.79 Å². The third kappa shape index (κ3) is 5.39. The normalized spacial score (nSPS) is 20.0. The van der Waals surface area contributed by atoms with Crippen molar-refractivity contribution in [3.8, 4) is 0 Å². The fourth-order valence-electron chi connectivity index (χ4n) is 4.70. The molecule has 4 rings (SSSR count). The van der Waals surface area contributed by atoms with Crippen molar-refractivity contribution in [2.75, 3.05) is 13.7 Å². The van der Waals surface area contributed by atoms with Crippen LogP contribution in [-0.4, -0.2) is 37.7 Å². The van der Waals surface area contributed by atoms with Crippen LogP contribution >= 0.6 is 0 Å². The molecular weight excluding hydrogens is 428 g/mol. The van der Waals surface area contributed by atoms with Crippen LogP contribution < -0.4 is 0 Å². The zero-order valence-corrected chi connectivity index (χ0v) is 20.0. The summed E-state index contributed by atoms with van der Waals surface area (Å²) < 4.78 is 24.0. The van der Waals surface area contributed by atoms with E-state index in [-0.39, 0.29) is 24.6 Å². The summed E-state index contributed by atoms with van der Waals surface area (Å²) in [6.07, 6.45) is 0.159. The summed E-state index contributed by atoms with van der Waals surface area (Å²) in [4.78, 5) is 11.9. The number of esters is 1. The molecule has 1 aliphatic heterocycles. The van der Waals surface area contributed by atoms with Gasteiger partial charge < -0.3 is 18.9 Å². The van der Waals surface area contributed by atoms with Crippen LogP contribution in [0.3, 0.4) is 0 Å². The number of carbonyl (C=O) groups excluding carboxylic acids is 1. The van der Waals surface area contributed by atoms with Gasteiger partial charge in [0.05, 0.1) is 32.3 Å². The molecule has 178 valence electrons. The van der Waals surface area contributed by atoms with Gasteiger partial charge in [0, 0.05) is 6.42 Å². The molecular formula is C29H32O5. The summed E-state index contributed by atoms with van der Waals surface area (Å²) in [6.45, 7) is 4.05. The summed E-state index contributed by atoms with van der Waals surface area (Å²) in [7, 11) is 1.39. The van der Waals surface area contributed by atoms with Gasteiger partial charge in [0.25, 0.3) is 0 Å². The van der Waals surface area contributed by atoms with Crippen molar-refractivity contribution in [3.05, 3.63) is 108 Å². The Hall–Kier alpha value is -2.99. The van der Waals surface area contributed by atoms with Gasteiger partial charge in [-0.2, -0.15) is 0 Å². The molecule has 0 saturated carbocycles. The van der Waals surface area contributed by atoms with Crippen LogP contribution in [0, 0.1) is 0 Å². The maximum absolute atomic E-state index is 11.9. The first-order valence-corrected chi connectivity index (χ1v) is 11.7. The van der Waals surface area contributed by atoms with Gasteiger partial charge >= 0.3 is 5.97 Å². The number of hydrogen-bond donors (Lipinski definition) is 0. The predicted molar refractivity (Wildman–Crippen MR) is 130 cm³/mol. The smallest absolute Gasteiger partial charge is 0.308 e. The maximum atomic E-state index is 11.9. The number of methoxy groups -OCH3 is 1. The SMILES string of the molecule is COC(=O)C[C@H]1C[C@@H](COC(c2ccccc2)(c2ccccc2)c2ccccc2)OC(C)(C)O1. The van der Waals surface area contributed by atoms with Crippen molar-refractivity contribution < 1.29 is 23.7 Å². The average molecular weight is 461 g/mol. The first kappa shape index (κ1) is 24.1. The van der Waals surface area contributed by atoms with E-state index in [2.05, 4.69) is 36.4 Å². The minimum atomic E-state index is -0.833. The van der Waals surface area contributed by atoms with Crippen molar-refractivity contribution in [1.82, 2.24) is 0 Å². The molecule has 0 aromatic heterocycles. The molecule has 1 aliphatic rings. The highest BCUT2D eigenvalue weighted by Gasteiger charge is 2.41. The molecule has 0 amide bonds. The summed E-state index contributed by atoms with van der Waals surface area (Å²) in [5.74, 6) is -1.13. The van der Waals surface area contributed by atoms with E-state index < -0.39 is 11.4 Å². The number of carbonyl (C=O) groups is 1. The van der Waals surface area contributed by atoms with Gasteiger partial charge in [-0.1, -0.05) is 91.0 Å². The number of ether oxygens (including phenoxy) is 4. The van der Waals surface area contributed by atoms with Crippen LogP contribution in [0.5, 0.6) is 0 Å². The maximum Gasteiger partial charge on any atom is 0.308 e. The molecule has 1 fully saturated rings. The predicted octanol–water partition coefficient (Wildman–Crippen LogP) is 5.47. The lowest BCUT2D eigenvalue weighted by Crippen LogP contribution is -2.48. The van der Waals surface area contributed by atoms with Gasteiger partial charge in [0.1, 0.15) is 5.60 Å². The van der Waals surface area contributed by atoms with Crippen LogP contribution in [0.15, 0.2) is 91.0 Å². The Kier molecular flexibility index (Phi) is 7.47. The third-order valence-corrected chi connectivity index (χ3v) is 6.08. The number of benzene rings is 3. The molecule has 3 aromatic carbocycles. The van der Waals surface area contributed by atoms with Gasteiger partial charge in [-0.3, -0.25) is 4.79 Å². The van der Waals surface area contributed by atoms with Crippen molar-refractivity contribution in [2.45, 2.75) is 50.3 Å². The molecule has 0 aliphatic carbocycles. The Morgan fingerprint density at radius 3 is 1.71 bits per heavy atom. The van der Waals surface area contributed by atoms with Gasteiger partial charge in [-0.05, 0) is 30.5 Å². The number of rotatable bonds is 8. The molecule has 3 aromatic rings. The first-order valence-electron chi connectivity index (χ1n) is 11.7. The lowest BCUT2D eigenvalue weighted by Gasteiger charge is -2.42.